The average Bonchev–Trinajstić information content (AvgIpc) is 2.70. The zero-order chi connectivity index (χ0) is 21.4. The van der Waals surface area contributed by atoms with Crippen molar-refractivity contribution in [2.75, 3.05) is 26.1 Å². The third kappa shape index (κ3) is 6.24. The summed E-state index contributed by atoms with van der Waals surface area (Å²) in [5.74, 6) is 1.35. The molecule has 0 aromatic heterocycles. The fourth-order valence-corrected chi connectivity index (χ4v) is 3.11. The molecule has 0 radical (unpaired) electrons. The molecule has 0 fully saturated rings. The summed E-state index contributed by atoms with van der Waals surface area (Å²) in [6, 6.07) is 13.3. The third-order valence-corrected chi connectivity index (χ3v) is 4.73. The van der Waals surface area contributed by atoms with E-state index in [-0.39, 0.29) is 18.2 Å². The van der Waals surface area contributed by atoms with Crippen LogP contribution in [0.3, 0.4) is 0 Å². The number of hydrogen-bond donors (Lipinski definition) is 1. The molecule has 0 saturated heterocycles. The third-order valence-electron chi connectivity index (χ3n) is 4.73. The SMILES string of the molecule is COc1ccc(CN(CCC(=O)Nc2ccccc2C(C)C)C(C)=O)cc1OC. The largest absolute Gasteiger partial charge is 0.493 e. The Morgan fingerprint density at radius 2 is 1.72 bits per heavy atom. The normalized spacial score (nSPS) is 10.6. The number of para-hydroxylation sites is 1. The van der Waals surface area contributed by atoms with E-state index >= 15 is 0 Å². The van der Waals surface area contributed by atoms with Gasteiger partial charge in [0.2, 0.25) is 11.8 Å². The number of hydrogen-bond acceptors (Lipinski definition) is 4. The smallest absolute Gasteiger partial charge is 0.226 e. The van der Waals surface area contributed by atoms with Crippen molar-refractivity contribution in [2.45, 2.75) is 39.7 Å². The summed E-state index contributed by atoms with van der Waals surface area (Å²) in [6.45, 7) is 6.41. The summed E-state index contributed by atoms with van der Waals surface area (Å²) in [5.41, 5.74) is 2.82. The highest BCUT2D eigenvalue weighted by Crippen LogP contribution is 2.28. The molecule has 0 aliphatic heterocycles. The number of ether oxygens (including phenoxy) is 2. The molecule has 0 saturated carbocycles. The molecule has 2 aromatic carbocycles. The Bertz CT molecular complexity index is 849. The highest BCUT2D eigenvalue weighted by atomic mass is 16.5. The van der Waals surface area contributed by atoms with Gasteiger partial charge in [-0.2, -0.15) is 0 Å². The van der Waals surface area contributed by atoms with E-state index in [4.69, 9.17) is 9.47 Å². The Labute approximate surface area is 172 Å². The van der Waals surface area contributed by atoms with Crippen molar-refractivity contribution in [2.24, 2.45) is 0 Å². The van der Waals surface area contributed by atoms with Crippen LogP contribution in [0.15, 0.2) is 42.5 Å². The van der Waals surface area contributed by atoms with E-state index in [0.717, 1.165) is 16.8 Å². The predicted octanol–water partition coefficient (Wildman–Crippen LogP) is 4.20. The molecule has 0 spiro atoms. The molecular weight excluding hydrogens is 368 g/mol. The second kappa shape index (κ2) is 10.5. The monoisotopic (exact) mass is 398 g/mol. The van der Waals surface area contributed by atoms with E-state index in [0.29, 0.717) is 30.5 Å². The number of anilines is 1. The van der Waals surface area contributed by atoms with Crippen LogP contribution >= 0.6 is 0 Å². The number of carbonyl (C=O) groups excluding carboxylic acids is 2. The van der Waals surface area contributed by atoms with E-state index in [1.165, 1.54) is 6.92 Å². The van der Waals surface area contributed by atoms with Gasteiger partial charge in [0, 0.05) is 32.1 Å². The van der Waals surface area contributed by atoms with Gasteiger partial charge in [0.05, 0.1) is 14.2 Å². The summed E-state index contributed by atoms with van der Waals surface area (Å²) in [6.07, 6.45) is 0.222. The second-order valence-electron chi connectivity index (χ2n) is 7.17. The minimum absolute atomic E-state index is 0.0878. The minimum Gasteiger partial charge on any atom is -0.493 e. The Hall–Kier alpha value is -3.02. The van der Waals surface area contributed by atoms with Crippen molar-refractivity contribution < 1.29 is 19.1 Å². The number of nitrogens with one attached hydrogen (secondary N) is 1. The Kier molecular flexibility index (Phi) is 8.07. The number of rotatable bonds is 9. The lowest BCUT2D eigenvalue weighted by Crippen LogP contribution is -2.31. The summed E-state index contributed by atoms with van der Waals surface area (Å²) in [4.78, 5) is 26.2. The molecule has 0 unspecified atom stereocenters. The first kappa shape index (κ1) is 22.3. The maximum Gasteiger partial charge on any atom is 0.226 e. The molecule has 2 rings (SSSR count). The van der Waals surface area contributed by atoms with E-state index in [1.807, 2.05) is 42.5 Å². The maximum atomic E-state index is 12.5. The molecule has 1 N–H and O–H groups in total. The minimum atomic E-state index is -0.114. The van der Waals surface area contributed by atoms with Crippen LogP contribution in [0.2, 0.25) is 0 Å². The summed E-state index contributed by atoms with van der Waals surface area (Å²) in [5, 5.41) is 2.97. The number of nitrogens with zero attached hydrogens (tertiary/aromatic N) is 1. The Morgan fingerprint density at radius 1 is 1.03 bits per heavy atom. The highest BCUT2D eigenvalue weighted by Gasteiger charge is 2.15. The van der Waals surface area contributed by atoms with Crippen molar-refractivity contribution in [1.82, 2.24) is 4.90 Å². The van der Waals surface area contributed by atoms with Gasteiger partial charge in [0.25, 0.3) is 0 Å². The highest BCUT2D eigenvalue weighted by molar-refractivity contribution is 5.92. The molecule has 0 bridgehead atoms. The summed E-state index contributed by atoms with van der Waals surface area (Å²) in [7, 11) is 3.15. The molecular formula is C23H30N2O4. The molecule has 6 nitrogen and oxygen atoms in total. The van der Waals surface area contributed by atoms with Crippen molar-refractivity contribution in [1.29, 1.82) is 0 Å². The van der Waals surface area contributed by atoms with Crippen LogP contribution in [0, 0.1) is 0 Å². The van der Waals surface area contributed by atoms with Crippen LogP contribution in [0.25, 0.3) is 0 Å². The lowest BCUT2D eigenvalue weighted by molar-refractivity contribution is -0.129. The van der Waals surface area contributed by atoms with Gasteiger partial charge in [-0.05, 0) is 35.2 Å². The number of methoxy groups -OCH3 is 2. The lowest BCUT2D eigenvalue weighted by Gasteiger charge is -2.22. The molecule has 6 heteroatoms. The van der Waals surface area contributed by atoms with Gasteiger partial charge in [0.1, 0.15) is 0 Å². The van der Waals surface area contributed by atoms with Crippen LogP contribution in [-0.4, -0.2) is 37.5 Å². The quantitative estimate of drug-likeness (QED) is 0.687. The van der Waals surface area contributed by atoms with Gasteiger partial charge < -0.3 is 19.7 Å². The zero-order valence-electron chi connectivity index (χ0n) is 17.8. The first-order valence-electron chi connectivity index (χ1n) is 9.70. The average molecular weight is 399 g/mol. The van der Waals surface area contributed by atoms with Crippen LogP contribution in [-0.2, 0) is 16.1 Å². The Balaban J connectivity index is 2.01. The number of carbonyl (C=O) groups is 2. The molecule has 2 amide bonds. The van der Waals surface area contributed by atoms with Gasteiger partial charge >= 0.3 is 0 Å². The molecule has 2 aromatic rings. The standard InChI is InChI=1S/C23H30N2O4/c1-16(2)19-8-6-7-9-20(19)24-23(27)12-13-25(17(3)26)15-18-10-11-21(28-4)22(14-18)29-5/h6-11,14,16H,12-13,15H2,1-5H3,(H,24,27). The fourth-order valence-electron chi connectivity index (χ4n) is 3.11. The first-order valence-corrected chi connectivity index (χ1v) is 9.70. The summed E-state index contributed by atoms with van der Waals surface area (Å²) >= 11 is 0. The molecule has 29 heavy (non-hydrogen) atoms. The van der Waals surface area contributed by atoms with Crippen molar-refractivity contribution in [3.05, 3.63) is 53.6 Å². The molecule has 0 aliphatic rings. The fraction of sp³-hybridized carbons (Fsp3) is 0.391. The van der Waals surface area contributed by atoms with Crippen LogP contribution in [0.4, 0.5) is 5.69 Å². The summed E-state index contributed by atoms with van der Waals surface area (Å²) < 4.78 is 10.6. The molecule has 0 heterocycles. The van der Waals surface area contributed by atoms with Crippen molar-refractivity contribution in [3.63, 3.8) is 0 Å². The van der Waals surface area contributed by atoms with Gasteiger partial charge in [0.15, 0.2) is 11.5 Å². The molecule has 156 valence electrons. The first-order chi connectivity index (χ1) is 13.8. The second-order valence-corrected chi connectivity index (χ2v) is 7.17. The predicted molar refractivity (Wildman–Crippen MR) is 114 cm³/mol. The van der Waals surface area contributed by atoms with Gasteiger partial charge in [-0.3, -0.25) is 9.59 Å². The number of benzene rings is 2. The lowest BCUT2D eigenvalue weighted by atomic mass is 10.0. The van der Waals surface area contributed by atoms with E-state index in [9.17, 15) is 9.59 Å². The molecule has 0 aliphatic carbocycles. The maximum absolute atomic E-state index is 12.5. The zero-order valence-corrected chi connectivity index (χ0v) is 17.8. The number of amides is 2. The van der Waals surface area contributed by atoms with Crippen LogP contribution in [0.1, 0.15) is 44.2 Å². The van der Waals surface area contributed by atoms with Crippen molar-refractivity contribution >= 4 is 17.5 Å². The van der Waals surface area contributed by atoms with E-state index < -0.39 is 0 Å². The van der Waals surface area contributed by atoms with E-state index in [2.05, 4.69) is 19.2 Å². The Morgan fingerprint density at radius 3 is 2.34 bits per heavy atom. The van der Waals surface area contributed by atoms with Crippen LogP contribution < -0.4 is 14.8 Å². The van der Waals surface area contributed by atoms with Gasteiger partial charge in [-0.25, -0.2) is 0 Å². The van der Waals surface area contributed by atoms with Gasteiger partial charge in [-0.1, -0.05) is 38.1 Å². The molecule has 0 atom stereocenters. The topological polar surface area (TPSA) is 67.9 Å². The van der Waals surface area contributed by atoms with Crippen LogP contribution in [0.5, 0.6) is 11.5 Å². The van der Waals surface area contributed by atoms with Gasteiger partial charge in [-0.15, -0.1) is 0 Å². The van der Waals surface area contributed by atoms with Crippen molar-refractivity contribution in [3.8, 4) is 11.5 Å². The van der Waals surface area contributed by atoms with E-state index in [1.54, 1.807) is 19.1 Å².